The molecule has 1 aliphatic rings. The summed E-state index contributed by atoms with van der Waals surface area (Å²) >= 11 is 0. The van der Waals surface area contributed by atoms with E-state index in [1.54, 1.807) is 54.7 Å². The zero-order valence-electron chi connectivity index (χ0n) is 24.7. The number of anilines is 1. The number of hydrogen-bond acceptors (Lipinski definition) is 6. The van der Waals surface area contributed by atoms with Crippen molar-refractivity contribution in [2.75, 3.05) is 4.90 Å². The second-order valence-electron chi connectivity index (χ2n) is 11.9. The first-order chi connectivity index (χ1) is 19.8. The van der Waals surface area contributed by atoms with Gasteiger partial charge in [-0.15, -0.1) is 0 Å². The Bertz CT molecular complexity index is 1390. The Hall–Kier alpha value is -3.84. The topological polar surface area (TPSA) is 76.4 Å². The quantitative estimate of drug-likeness (QED) is 0.286. The molecule has 3 aromatic rings. The number of aromatic nitrogens is 4. The molecule has 4 rings (SSSR count). The number of benzene rings is 1. The molecule has 1 saturated heterocycles. The molecule has 1 aromatic carbocycles. The number of piperidine rings is 1. The molecule has 0 radical (unpaired) electrons. The molecule has 234 valence electrons. The lowest BCUT2D eigenvalue weighted by atomic mass is 9.91. The van der Waals surface area contributed by atoms with Gasteiger partial charge < -0.3 is 14.5 Å². The van der Waals surface area contributed by atoms with E-state index in [4.69, 9.17) is 4.74 Å². The molecule has 0 saturated carbocycles. The van der Waals surface area contributed by atoms with Crippen LogP contribution in [0, 0.1) is 0 Å². The number of halogens is 6. The molecule has 43 heavy (non-hydrogen) atoms. The fourth-order valence-corrected chi connectivity index (χ4v) is 5.33. The molecule has 0 aliphatic carbocycles. The first kappa shape index (κ1) is 32.1. The summed E-state index contributed by atoms with van der Waals surface area (Å²) in [5.41, 5.74) is -2.34. The summed E-state index contributed by atoms with van der Waals surface area (Å²) in [4.78, 5) is 25.1. The molecular weight excluding hydrogens is 578 g/mol. The van der Waals surface area contributed by atoms with E-state index in [1.165, 1.54) is 12.4 Å². The predicted octanol–water partition coefficient (Wildman–Crippen LogP) is 7.10. The lowest BCUT2D eigenvalue weighted by molar-refractivity contribution is -0.143. The number of nitrogens with zero attached hydrogens (tertiary/aromatic N) is 6. The standard InChI is InChI=1S/C29H34F6N6O2/c1-17-7-24(8-18(2)41(17)26(42)43-27(3,4)5)40(25-36-12-20(13-37-25)21-14-38-39(6)16-21)15-19-9-22(28(30,31)32)11-23(10-19)29(33,34)35/h9-14,16-18,24H,7-8,15H2,1-6H3/t17-,18+,24+. The number of hydrogen-bond donors (Lipinski definition) is 0. The van der Waals surface area contributed by atoms with E-state index < -0.39 is 41.2 Å². The molecule has 3 atom stereocenters. The van der Waals surface area contributed by atoms with E-state index in [-0.39, 0.29) is 36.2 Å². The normalized spacial score (nSPS) is 19.8. The first-order valence-electron chi connectivity index (χ1n) is 13.7. The van der Waals surface area contributed by atoms with Gasteiger partial charge in [0.05, 0.1) is 17.3 Å². The van der Waals surface area contributed by atoms with Crippen LogP contribution >= 0.6 is 0 Å². The van der Waals surface area contributed by atoms with Crippen molar-refractivity contribution >= 4 is 12.0 Å². The van der Waals surface area contributed by atoms with Crippen molar-refractivity contribution in [1.82, 2.24) is 24.6 Å². The van der Waals surface area contributed by atoms with E-state index in [1.807, 2.05) is 13.8 Å². The largest absolute Gasteiger partial charge is 0.444 e. The molecular formula is C29H34F6N6O2. The van der Waals surface area contributed by atoms with Gasteiger partial charge in [0.25, 0.3) is 0 Å². The van der Waals surface area contributed by atoms with Gasteiger partial charge in [-0.25, -0.2) is 14.8 Å². The lowest BCUT2D eigenvalue weighted by Crippen LogP contribution is -2.56. The van der Waals surface area contributed by atoms with Crippen molar-refractivity contribution in [2.24, 2.45) is 7.05 Å². The maximum Gasteiger partial charge on any atom is 0.416 e. The van der Waals surface area contributed by atoms with Crippen LogP contribution in [0.2, 0.25) is 0 Å². The van der Waals surface area contributed by atoms with E-state index in [0.29, 0.717) is 18.4 Å². The van der Waals surface area contributed by atoms with Crippen molar-refractivity contribution in [1.29, 1.82) is 0 Å². The third-order valence-corrected chi connectivity index (χ3v) is 7.15. The highest BCUT2D eigenvalue weighted by Gasteiger charge is 2.40. The minimum Gasteiger partial charge on any atom is -0.444 e. The molecule has 0 spiro atoms. The lowest BCUT2D eigenvalue weighted by Gasteiger charge is -2.46. The Morgan fingerprint density at radius 1 is 0.907 bits per heavy atom. The monoisotopic (exact) mass is 612 g/mol. The van der Waals surface area contributed by atoms with Crippen LogP contribution in [0.5, 0.6) is 0 Å². The maximum absolute atomic E-state index is 13.6. The van der Waals surface area contributed by atoms with Crippen molar-refractivity contribution in [3.63, 3.8) is 0 Å². The van der Waals surface area contributed by atoms with Crippen LogP contribution in [0.4, 0.5) is 37.1 Å². The molecule has 0 bridgehead atoms. The molecule has 2 aromatic heterocycles. The summed E-state index contributed by atoms with van der Waals surface area (Å²) < 4.78 is 89.0. The van der Waals surface area contributed by atoms with Gasteiger partial charge in [0.1, 0.15) is 5.60 Å². The number of carbonyl (C=O) groups is 1. The Kier molecular flexibility index (Phi) is 8.72. The van der Waals surface area contributed by atoms with Crippen molar-refractivity contribution in [3.05, 3.63) is 59.7 Å². The summed E-state index contributed by atoms with van der Waals surface area (Å²) in [6.07, 6.45) is -3.33. The van der Waals surface area contributed by atoms with Crippen LogP contribution in [0.15, 0.2) is 43.0 Å². The molecule has 3 heterocycles. The molecule has 8 nitrogen and oxygen atoms in total. The van der Waals surface area contributed by atoms with Gasteiger partial charge in [0, 0.05) is 61.4 Å². The fourth-order valence-electron chi connectivity index (χ4n) is 5.33. The van der Waals surface area contributed by atoms with Gasteiger partial charge in [0.15, 0.2) is 0 Å². The zero-order chi connectivity index (χ0) is 31.9. The van der Waals surface area contributed by atoms with Gasteiger partial charge in [-0.3, -0.25) is 4.68 Å². The van der Waals surface area contributed by atoms with Crippen LogP contribution in [0.3, 0.4) is 0 Å². The van der Waals surface area contributed by atoms with Crippen LogP contribution in [0.25, 0.3) is 11.1 Å². The smallest absolute Gasteiger partial charge is 0.416 e. The van der Waals surface area contributed by atoms with Gasteiger partial charge in [-0.1, -0.05) is 0 Å². The van der Waals surface area contributed by atoms with Gasteiger partial charge in [0.2, 0.25) is 5.95 Å². The Morgan fingerprint density at radius 3 is 1.88 bits per heavy atom. The summed E-state index contributed by atoms with van der Waals surface area (Å²) in [6.45, 7) is 8.59. The number of amides is 1. The van der Waals surface area contributed by atoms with Crippen LogP contribution in [-0.2, 0) is 30.7 Å². The highest BCUT2D eigenvalue weighted by atomic mass is 19.4. The second kappa shape index (κ2) is 11.7. The van der Waals surface area contributed by atoms with Gasteiger partial charge in [-0.2, -0.15) is 31.4 Å². The Balaban J connectivity index is 1.72. The number of alkyl halides is 6. The molecule has 0 unspecified atom stereocenters. The van der Waals surface area contributed by atoms with Crippen molar-refractivity contribution in [3.8, 4) is 11.1 Å². The zero-order valence-corrected chi connectivity index (χ0v) is 24.7. The minimum atomic E-state index is -4.98. The van der Waals surface area contributed by atoms with Crippen molar-refractivity contribution < 1.29 is 35.9 Å². The highest BCUT2D eigenvalue weighted by molar-refractivity contribution is 5.69. The van der Waals surface area contributed by atoms with E-state index in [0.717, 1.165) is 17.7 Å². The molecule has 14 heteroatoms. The summed E-state index contributed by atoms with van der Waals surface area (Å²) in [6, 6.07) is 0.415. The summed E-state index contributed by atoms with van der Waals surface area (Å²) in [5, 5.41) is 4.12. The molecule has 1 aliphatic heterocycles. The summed E-state index contributed by atoms with van der Waals surface area (Å²) in [7, 11) is 1.75. The molecule has 1 fully saturated rings. The SMILES string of the molecule is C[C@@H]1C[C@H](N(Cc2cc(C(F)(F)F)cc(C(F)(F)F)c2)c2ncc(-c3cnn(C)c3)cn2)C[C@H](C)N1C(=O)OC(C)(C)C. The Morgan fingerprint density at radius 2 is 1.44 bits per heavy atom. The van der Waals surface area contributed by atoms with Crippen LogP contribution in [0.1, 0.15) is 64.2 Å². The molecule has 1 amide bonds. The number of aryl methyl sites for hydroxylation is 1. The van der Waals surface area contributed by atoms with Crippen molar-refractivity contribution in [2.45, 2.75) is 90.1 Å². The van der Waals surface area contributed by atoms with Crippen LogP contribution < -0.4 is 4.90 Å². The number of carbonyl (C=O) groups excluding carboxylic acids is 1. The third-order valence-electron chi connectivity index (χ3n) is 7.15. The minimum absolute atomic E-state index is 0.108. The van der Waals surface area contributed by atoms with E-state index in [2.05, 4.69) is 15.1 Å². The molecule has 0 N–H and O–H groups in total. The van der Waals surface area contributed by atoms with E-state index >= 15 is 0 Å². The first-order valence-corrected chi connectivity index (χ1v) is 13.7. The van der Waals surface area contributed by atoms with Gasteiger partial charge in [-0.05, 0) is 71.2 Å². The second-order valence-corrected chi connectivity index (χ2v) is 11.9. The number of likely N-dealkylation sites (tertiary alicyclic amines) is 1. The predicted molar refractivity (Wildman–Crippen MR) is 147 cm³/mol. The fraction of sp³-hybridized carbons (Fsp3) is 0.517. The number of rotatable bonds is 5. The average molecular weight is 613 g/mol. The number of ether oxygens (including phenoxy) is 1. The highest BCUT2D eigenvalue weighted by Crippen LogP contribution is 2.38. The van der Waals surface area contributed by atoms with E-state index in [9.17, 15) is 31.1 Å². The maximum atomic E-state index is 13.6. The van der Waals surface area contributed by atoms with Crippen LogP contribution in [-0.4, -0.2) is 54.5 Å². The summed E-state index contributed by atoms with van der Waals surface area (Å²) in [5.74, 6) is 0.133. The average Bonchev–Trinajstić information content (AvgIpc) is 3.31. The third kappa shape index (κ3) is 7.77. The van der Waals surface area contributed by atoms with Gasteiger partial charge >= 0.3 is 18.4 Å². The Labute approximate surface area is 245 Å².